The molecular weight excluding hydrogens is 426 g/mol. The number of fused-ring (bicyclic) bond motifs is 1. The zero-order valence-corrected chi connectivity index (χ0v) is 18.8. The van der Waals surface area contributed by atoms with E-state index in [2.05, 4.69) is 20.6 Å². The van der Waals surface area contributed by atoms with Gasteiger partial charge in [0, 0.05) is 35.9 Å². The Morgan fingerprint density at radius 2 is 1.79 bits per heavy atom. The van der Waals surface area contributed by atoms with Crippen molar-refractivity contribution in [3.05, 3.63) is 102 Å². The van der Waals surface area contributed by atoms with E-state index in [1.54, 1.807) is 23.9 Å². The number of aromatic amines is 1. The van der Waals surface area contributed by atoms with Gasteiger partial charge in [0.2, 0.25) is 0 Å². The number of hydrogen-bond donors (Lipinski definition) is 2. The predicted octanol–water partition coefficient (Wildman–Crippen LogP) is 5.82. The number of carbonyl (C=O) groups is 1. The first-order valence-corrected chi connectivity index (χ1v) is 10.9. The number of nitrogens with zero attached hydrogens (tertiary/aromatic N) is 3. The van der Waals surface area contributed by atoms with E-state index in [0.717, 1.165) is 27.9 Å². The summed E-state index contributed by atoms with van der Waals surface area (Å²) in [7, 11) is 1.81. The fourth-order valence-electron chi connectivity index (χ4n) is 3.59. The molecule has 0 saturated heterocycles. The summed E-state index contributed by atoms with van der Waals surface area (Å²) in [4.78, 5) is 12.5. The Kier molecular flexibility index (Phi) is 5.66. The lowest BCUT2D eigenvalue weighted by Crippen LogP contribution is -2.13. The molecule has 7 heteroatoms. The van der Waals surface area contributed by atoms with Crippen molar-refractivity contribution < 1.29 is 9.53 Å². The zero-order valence-electron chi connectivity index (χ0n) is 18.8. The van der Waals surface area contributed by atoms with Crippen LogP contribution in [-0.2, 0) is 7.05 Å². The van der Waals surface area contributed by atoms with Gasteiger partial charge in [0.25, 0.3) is 5.91 Å². The zero-order chi connectivity index (χ0) is 23.5. The van der Waals surface area contributed by atoms with Crippen LogP contribution in [-0.4, -0.2) is 25.9 Å². The number of hydrogen-bond acceptors (Lipinski definition) is 4. The summed E-state index contributed by atoms with van der Waals surface area (Å²) in [5.74, 6) is 1.01. The molecule has 0 radical (unpaired) electrons. The van der Waals surface area contributed by atoms with Crippen LogP contribution in [0.4, 0.5) is 5.69 Å². The molecule has 0 aliphatic rings. The van der Waals surface area contributed by atoms with E-state index < -0.39 is 0 Å². The van der Waals surface area contributed by atoms with Crippen molar-refractivity contribution in [3.8, 4) is 11.5 Å². The van der Waals surface area contributed by atoms with E-state index in [0.29, 0.717) is 22.9 Å². The summed E-state index contributed by atoms with van der Waals surface area (Å²) in [5.41, 5.74) is 4.76. The molecular formula is C27H23N5O2. The van der Waals surface area contributed by atoms with Crippen molar-refractivity contribution >= 4 is 34.6 Å². The first kappa shape index (κ1) is 21.2. The number of rotatable bonds is 6. The highest BCUT2D eigenvalue weighted by Gasteiger charge is 2.12. The van der Waals surface area contributed by atoms with Gasteiger partial charge in [0.1, 0.15) is 11.5 Å². The minimum Gasteiger partial charge on any atom is -0.457 e. The molecule has 0 fully saturated rings. The van der Waals surface area contributed by atoms with Crippen molar-refractivity contribution in [1.82, 2.24) is 20.0 Å². The molecule has 2 heterocycles. The number of amides is 1. The van der Waals surface area contributed by atoms with Crippen LogP contribution in [0.15, 0.2) is 78.9 Å². The van der Waals surface area contributed by atoms with Gasteiger partial charge in [0.05, 0.1) is 11.2 Å². The van der Waals surface area contributed by atoms with Crippen LogP contribution in [0.3, 0.4) is 0 Å². The van der Waals surface area contributed by atoms with Gasteiger partial charge in [-0.2, -0.15) is 10.2 Å². The van der Waals surface area contributed by atoms with Crippen molar-refractivity contribution in [2.45, 2.75) is 6.92 Å². The lowest BCUT2D eigenvalue weighted by atomic mass is 10.1. The molecule has 0 atom stereocenters. The highest BCUT2D eigenvalue weighted by molar-refractivity contribution is 6.03. The fourth-order valence-corrected chi connectivity index (χ4v) is 3.59. The Morgan fingerprint density at radius 3 is 2.59 bits per heavy atom. The van der Waals surface area contributed by atoms with Crippen LogP contribution in [0.5, 0.6) is 11.5 Å². The number of aryl methyl sites for hydroxylation is 2. The number of ether oxygens (including phenoxy) is 1. The van der Waals surface area contributed by atoms with Crippen LogP contribution >= 0.6 is 0 Å². The monoisotopic (exact) mass is 449 g/mol. The second-order valence-corrected chi connectivity index (χ2v) is 7.94. The number of aromatic nitrogens is 4. The van der Waals surface area contributed by atoms with Crippen LogP contribution in [0.2, 0.25) is 0 Å². The lowest BCUT2D eigenvalue weighted by molar-refractivity contribution is 0.102. The first-order chi connectivity index (χ1) is 16.5. The average molecular weight is 450 g/mol. The molecule has 2 N–H and O–H groups in total. The van der Waals surface area contributed by atoms with Crippen LogP contribution < -0.4 is 10.1 Å². The molecule has 0 aliphatic carbocycles. The van der Waals surface area contributed by atoms with Gasteiger partial charge in [-0.15, -0.1) is 0 Å². The van der Waals surface area contributed by atoms with Crippen LogP contribution in [0.25, 0.3) is 23.1 Å². The molecule has 7 nitrogen and oxygen atoms in total. The van der Waals surface area contributed by atoms with E-state index in [4.69, 9.17) is 4.74 Å². The number of nitrogens with one attached hydrogen (secondary N) is 2. The minimum absolute atomic E-state index is 0.268. The number of anilines is 1. The summed E-state index contributed by atoms with van der Waals surface area (Å²) < 4.78 is 7.71. The van der Waals surface area contributed by atoms with Gasteiger partial charge in [-0.3, -0.25) is 14.6 Å². The topological polar surface area (TPSA) is 84.8 Å². The molecule has 5 rings (SSSR count). The van der Waals surface area contributed by atoms with E-state index in [9.17, 15) is 4.79 Å². The van der Waals surface area contributed by atoms with E-state index in [1.807, 2.05) is 85.8 Å². The second kappa shape index (κ2) is 9.07. The van der Waals surface area contributed by atoms with Crippen molar-refractivity contribution in [2.24, 2.45) is 7.05 Å². The largest absolute Gasteiger partial charge is 0.457 e. The SMILES string of the molecule is Cc1cc(C(=O)Nc2cccc(Oc3ccc4c(/C=C/c5ccccc5)n[nH]c4c3)c2)nn1C. The molecule has 0 unspecified atom stereocenters. The molecule has 5 aromatic rings. The second-order valence-electron chi connectivity index (χ2n) is 7.94. The summed E-state index contributed by atoms with van der Waals surface area (Å²) in [6.07, 6.45) is 4.02. The Hall–Kier alpha value is -4.65. The molecule has 0 spiro atoms. The Morgan fingerprint density at radius 1 is 0.971 bits per heavy atom. The summed E-state index contributed by atoms with van der Waals surface area (Å²) in [5, 5.41) is 15.6. The smallest absolute Gasteiger partial charge is 0.276 e. The van der Waals surface area contributed by atoms with Gasteiger partial charge in [-0.25, -0.2) is 0 Å². The third-order valence-electron chi connectivity index (χ3n) is 5.47. The molecule has 0 saturated carbocycles. The Bertz CT molecular complexity index is 1480. The quantitative estimate of drug-likeness (QED) is 0.342. The highest BCUT2D eigenvalue weighted by Crippen LogP contribution is 2.28. The van der Waals surface area contributed by atoms with E-state index >= 15 is 0 Å². The predicted molar refractivity (Wildman–Crippen MR) is 134 cm³/mol. The van der Waals surface area contributed by atoms with Crippen LogP contribution in [0, 0.1) is 6.92 Å². The van der Waals surface area contributed by atoms with Gasteiger partial charge in [-0.1, -0.05) is 42.5 Å². The number of carbonyl (C=O) groups excluding carboxylic acids is 1. The summed E-state index contributed by atoms with van der Waals surface area (Å²) in [6.45, 7) is 1.90. The first-order valence-electron chi connectivity index (χ1n) is 10.9. The number of H-pyrrole nitrogens is 1. The standard InChI is InChI=1S/C27H23N5O2/c1-18-15-26(31-32(18)2)27(33)28-20-9-6-10-21(16-20)34-22-12-13-23-24(29-30-25(23)17-22)14-11-19-7-4-3-5-8-19/h3-17H,1-2H3,(H,28,33)(H,29,30)/b14-11+. The van der Waals surface area contributed by atoms with Crippen molar-refractivity contribution in [1.29, 1.82) is 0 Å². The van der Waals surface area contributed by atoms with Gasteiger partial charge >= 0.3 is 0 Å². The van der Waals surface area contributed by atoms with E-state index in [-0.39, 0.29) is 5.91 Å². The summed E-state index contributed by atoms with van der Waals surface area (Å²) >= 11 is 0. The molecule has 2 aromatic heterocycles. The highest BCUT2D eigenvalue weighted by atomic mass is 16.5. The number of benzene rings is 3. The maximum absolute atomic E-state index is 12.5. The lowest BCUT2D eigenvalue weighted by Gasteiger charge is -2.08. The molecule has 0 aliphatic heterocycles. The third kappa shape index (κ3) is 4.59. The Balaban J connectivity index is 1.30. The molecule has 0 bridgehead atoms. The average Bonchev–Trinajstić information content (AvgIpc) is 3.41. The van der Waals surface area contributed by atoms with Gasteiger partial charge < -0.3 is 10.1 Å². The van der Waals surface area contributed by atoms with Gasteiger partial charge in [-0.05, 0) is 48.9 Å². The maximum atomic E-state index is 12.5. The normalized spacial score (nSPS) is 11.2. The molecule has 168 valence electrons. The van der Waals surface area contributed by atoms with Crippen molar-refractivity contribution in [2.75, 3.05) is 5.32 Å². The minimum atomic E-state index is -0.268. The summed E-state index contributed by atoms with van der Waals surface area (Å²) in [6, 6.07) is 24.9. The molecule has 3 aromatic carbocycles. The van der Waals surface area contributed by atoms with Gasteiger partial charge in [0.15, 0.2) is 5.69 Å². The van der Waals surface area contributed by atoms with Crippen molar-refractivity contribution in [3.63, 3.8) is 0 Å². The maximum Gasteiger partial charge on any atom is 0.276 e. The molecule has 1 amide bonds. The third-order valence-corrected chi connectivity index (χ3v) is 5.47. The fraction of sp³-hybridized carbons (Fsp3) is 0.0741. The Labute approximate surface area is 196 Å². The molecule has 34 heavy (non-hydrogen) atoms. The van der Waals surface area contributed by atoms with Crippen LogP contribution in [0.1, 0.15) is 27.4 Å². The van der Waals surface area contributed by atoms with E-state index in [1.165, 1.54) is 0 Å².